The number of nitrogens with zero attached hydrogens (tertiary/aromatic N) is 2. The van der Waals surface area contributed by atoms with Crippen LogP contribution in [0.5, 0.6) is 0 Å². The number of hydrogen-bond acceptors (Lipinski definition) is 2. The van der Waals surface area contributed by atoms with Crippen LogP contribution in [0.3, 0.4) is 0 Å². The van der Waals surface area contributed by atoms with E-state index in [0.29, 0.717) is 14.3 Å². The molecule has 2 aromatic heterocycles. The van der Waals surface area contributed by atoms with Gasteiger partial charge in [-0.3, -0.25) is 13.8 Å². The minimum atomic E-state index is -0.679. The Hall–Kier alpha value is -2.28. The molecule has 0 saturated heterocycles. The number of aromatic nitrogens is 2. The van der Waals surface area contributed by atoms with Crippen molar-refractivity contribution in [3.8, 4) is 11.3 Å². The maximum atomic E-state index is 14.3. The Bertz CT molecular complexity index is 1280. The third-order valence-corrected chi connectivity index (χ3v) is 7.27. The van der Waals surface area contributed by atoms with E-state index in [4.69, 9.17) is 9.97 Å². The monoisotopic (exact) mass is 654 g/mol. The molecule has 0 saturated carbocycles. The van der Waals surface area contributed by atoms with Crippen molar-refractivity contribution in [2.24, 2.45) is 0 Å². The van der Waals surface area contributed by atoms with Crippen molar-refractivity contribution in [1.29, 1.82) is 0 Å². The van der Waals surface area contributed by atoms with Crippen LogP contribution in [0.25, 0.3) is 11.3 Å². The molecule has 2 aromatic carbocycles. The molecule has 0 amide bonds. The zero-order valence-corrected chi connectivity index (χ0v) is 22.7. The Morgan fingerprint density at radius 1 is 0.765 bits per heavy atom. The van der Waals surface area contributed by atoms with Gasteiger partial charge in [-0.2, -0.15) is 0 Å². The standard InChI is InChI=1S/C28H26F2N2P.Pt/c1-27(2,24-13-8-12-23(31-24)21-17-16-19(29)18-22(21)30)25-14-9-15-26(32-25)28(3,4)33-20-10-6-5-7-11-20;/h5-16,18,33H,1-4H3;/q-1;. The molecule has 2 nitrogen and oxygen atoms in total. The molecular weight excluding hydrogens is 628 g/mol. The predicted molar refractivity (Wildman–Crippen MR) is 132 cm³/mol. The molecule has 0 N–H and O–H groups in total. The summed E-state index contributed by atoms with van der Waals surface area (Å²) >= 11 is 0. The quantitative estimate of drug-likeness (QED) is 0.169. The number of halogens is 2. The largest absolute Gasteiger partial charge is 0.300 e. The third-order valence-electron chi connectivity index (χ3n) is 5.76. The maximum absolute atomic E-state index is 14.3. The Morgan fingerprint density at radius 2 is 1.38 bits per heavy atom. The van der Waals surface area contributed by atoms with Crippen molar-refractivity contribution in [3.05, 3.63) is 114 Å². The number of pyridine rings is 2. The fourth-order valence-corrected chi connectivity index (χ4v) is 5.12. The van der Waals surface area contributed by atoms with E-state index < -0.39 is 17.0 Å². The van der Waals surface area contributed by atoms with Gasteiger partial charge in [0.25, 0.3) is 0 Å². The Labute approximate surface area is 216 Å². The van der Waals surface area contributed by atoms with Gasteiger partial charge in [-0.05, 0) is 43.0 Å². The Kier molecular flexibility index (Phi) is 8.17. The van der Waals surface area contributed by atoms with E-state index >= 15 is 0 Å². The number of benzene rings is 2. The topological polar surface area (TPSA) is 25.8 Å². The fourth-order valence-electron chi connectivity index (χ4n) is 3.77. The van der Waals surface area contributed by atoms with E-state index in [1.54, 1.807) is 6.07 Å². The van der Waals surface area contributed by atoms with Crippen LogP contribution in [-0.4, -0.2) is 9.97 Å². The molecule has 0 radical (unpaired) electrons. The molecule has 0 bridgehead atoms. The summed E-state index contributed by atoms with van der Waals surface area (Å²) in [5, 5.41) is 1.16. The predicted octanol–water partition coefficient (Wildman–Crippen LogP) is 6.78. The molecule has 4 rings (SSSR count). The second-order valence-electron chi connectivity index (χ2n) is 9.10. The van der Waals surface area contributed by atoms with Crippen molar-refractivity contribution in [2.75, 3.05) is 0 Å². The average molecular weight is 655 g/mol. The first kappa shape index (κ1) is 26.3. The van der Waals surface area contributed by atoms with Gasteiger partial charge in [-0.1, -0.05) is 82.6 Å². The molecule has 1 unspecified atom stereocenters. The van der Waals surface area contributed by atoms with E-state index in [1.165, 1.54) is 5.30 Å². The zero-order chi connectivity index (χ0) is 23.6. The van der Waals surface area contributed by atoms with Crippen LogP contribution in [0.4, 0.5) is 8.78 Å². The second-order valence-corrected chi connectivity index (χ2v) is 11.2. The van der Waals surface area contributed by atoms with Crippen LogP contribution >= 0.6 is 8.58 Å². The molecule has 0 fully saturated rings. The summed E-state index contributed by atoms with van der Waals surface area (Å²) in [7, 11) is 0.577. The van der Waals surface area contributed by atoms with Gasteiger partial charge in [0.1, 0.15) is 0 Å². The molecule has 34 heavy (non-hydrogen) atoms. The minimum Gasteiger partial charge on any atom is -0.300 e. The van der Waals surface area contributed by atoms with E-state index in [0.717, 1.165) is 29.2 Å². The van der Waals surface area contributed by atoms with Gasteiger partial charge in [0.2, 0.25) is 0 Å². The zero-order valence-electron chi connectivity index (χ0n) is 19.5. The van der Waals surface area contributed by atoms with Gasteiger partial charge in [-0.15, -0.1) is 12.1 Å². The Morgan fingerprint density at radius 3 is 2.06 bits per heavy atom. The maximum Gasteiger partial charge on any atom is 0.0522 e. The molecule has 0 aliphatic heterocycles. The molecule has 178 valence electrons. The van der Waals surface area contributed by atoms with Crippen LogP contribution < -0.4 is 5.30 Å². The molecule has 0 aliphatic carbocycles. The van der Waals surface area contributed by atoms with Crippen LogP contribution in [-0.2, 0) is 31.6 Å². The van der Waals surface area contributed by atoms with Crippen molar-refractivity contribution in [3.63, 3.8) is 0 Å². The van der Waals surface area contributed by atoms with Crippen LogP contribution in [0.2, 0.25) is 0 Å². The Balaban J connectivity index is 0.00000324. The summed E-state index contributed by atoms with van der Waals surface area (Å²) in [6, 6.07) is 26.7. The van der Waals surface area contributed by atoms with Gasteiger partial charge in [-0.25, -0.2) is 0 Å². The number of hydrogen-bond donors (Lipinski definition) is 0. The van der Waals surface area contributed by atoms with E-state index in [1.807, 2.05) is 30.3 Å². The summed E-state index contributed by atoms with van der Waals surface area (Å²) in [5.74, 6) is -1.34. The van der Waals surface area contributed by atoms with Gasteiger partial charge in [0.15, 0.2) is 0 Å². The van der Waals surface area contributed by atoms with Gasteiger partial charge in [0.05, 0.1) is 11.4 Å². The molecule has 6 heteroatoms. The molecule has 0 aliphatic rings. The normalized spacial score (nSPS) is 12.1. The van der Waals surface area contributed by atoms with Crippen molar-refractivity contribution in [1.82, 2.24) is 9.97 Å². The third kappa shape index (κ3) is 5.68. The summed E-state index contributed by atoms with van der Waals surface area (Å²) in [5.41, 5.74) is 2.71. The molecule has 4 aromatic rings. The summed E-state index contributed by atoms with van der Waals surface area (Å²) < 4.78 is 27.7. The molecular formula is C28H26F2N2PPt-. The molecule has 2 heterocycles. The second kappa shape index (κ2) is 10.5. The summed E-state index contributed by atoms with van der Waals surface area (Å²) in [6.07, 6.45) is 0. The SMILES string of the molecule is CC(C)(Pc1ccccc1)c1cccc(C(C)(C)c2cccc(-c3[c-]cc(F)cc3F)n2)n1.[Pt]. The summed E-state index contributed by atoms with van der Waals surface area (Å²) in [6.45, 7) is 8.54. The molecule has 0 spiro atoms. The number of rotatable bonds is 6. The van der Waals surface area contributed by atoms with E-state index in [9.17, 15) is 8.78 Å². The first-order valence-corrected chi connectivity index (χ1v) is 11.8. The van der Waals surface area contributed by atoms with Gasteiger partial charge >= 0.3 is 0 Å². The average Bonchev–Trinajstić information content (AvgIpc) is 2.80. The van der Waals surface area contributed by atoms with Crippen LogP contribution in [0, 0.1) is 17.7 Å². The minimum absolute atomic E-state index is 0. The molecule has 1 atom stereocenters. The first-order valence-electron chi connectivity index (χ1n) is 10.8. The van der Waals surface area contributed by atoms with E-state index in [2.05, 4.69) is 64.1 Å². The summed E-state index contributed by atoms with van der Waals surface area (Å²) in [4.78, 5) is 9.76. The van der Waals surface area contributed by atoms with E-state index in [-0.39, 0.29) is 31.8 Å². The van der Waals surface area contributed by atoms with Crippen LogP contribution in [0.15, 0.2) is 78.9 Å². The van der Waals surface area contributed by atoms with Crippen molar-refractivity contribution >= 4 is 13.9 Å². The van der Waals surface area contributed by atoms with Gasteiger partial charge < -0.3 is 4.98 Å². The van der Waals surface area contributed by atoms with Gasteiger partial charge in [0, 0.05) is 49.0 Å². The first-order chi connectivity index (χ1) is 15.7. The van der Waals surface area contributed by atoms with Crippen molar-refractivity contribution in [2.45, 2.75) is 38.3 Å². The van der Waals surface area contributed by atoms with Crippen LogP contribution in [0.1, 0.15) is 44.8 Å². The van der Waals surface area contributed by atoms with Crippen molar-refractivity contribution < 1.29 is 29.8 Å². The fraction of sp³-hybridized carbons (Fsp3) is 0.214. The smallest absolute Gasteiger partial charge is 0.0522 e.